The van der Waals surface area contributed by atoms with E-state index in [0.29, 0.717) is 18.3 Å². The van der Waals surface area contributed by atoms with Gasteiger partial charge in [-0.15, -0.1) is 0 Å². The summed E-state index contributed by atoms with van der Waals surface area (Å²) < 4.78 is 38.1. The van der Waals surface area contributed by atoms with Gasteiger partial charge in [0.15, 0.2) is 5.82 Å². The minimum Gasteiger partial charge on any atom is -0.272 e. The van der Waals surface area contributed by atoms with Crippen molar-refractivity contribution < 1.29 is 18.0 Å². The molecule has 2 aromatic rings. The zero-order valence-electron chi connectivity index (χ0n) is 12.2. The molecule has 0 atom stereocenters. The van der Waals surface area contributed by atoms with Crippen LogP contribution in [0.3, 0.4) is 0 Å². The van der Waals surface area contributed by atoms with E-state index in [1.54, 1.807) is 0 Å². The van der Waals surface area contributed by atoms with Crippen LogP contribution in [0.5, 0.6) is 0 Å². The first kappa shape index (κ1) is 16.4. The summed E-state index contributed by atoms with van der Waals surface area (Å²) in [5, 5.41) is 4.91. The van der Waals surface area contributed by atoms with Gasteiger partial charge in [0, 0.05) is 19.0 Å². The van der Waals surface area contributed by atoms with Crippen LogP contribution in [0.2, 0.25) is 5.02 Å². The summed E-state index contributed by atoms with van der Waals surface area (Å²) in [4.78, 5) is 15.8. The van der Waals surface area contributed by atoms with Gasteiger partial charge >= 0.3 is 6.18 Å². The summed E-state index contributed by atoms with van der Waals surface area (Å²) in [5.41, 5.74) is 0.499. The Morgan fingerprint density at radius 1 is 1.12 bits per heavy atom. The van der Waals surface area contributed by atoms with Gasteiger partial charge in [0.1, 0.15) is 0 Å². The first-order valence-corrected chi connectivity index (χ1v) is 7.42. The predicted octanol–water partition coefficient (Wildman–Crippen LogP) is 4.28. The smallest absolute Gasteiger partial charge is 0.272 e. The van der Waals surface area contributed by atoms with Gasteiger partial charge in [0.25, 0.3) is 0 Å². The number of carbonyl (C=O) groups excluding carboxylic acids is 1. The Bertz CT molecular complexity index is 806. The number of aromatic nitrogens is 1. The van der Waals surface area contributed by atoms with Crippen LogP contribution >= 0.6 is 11.6 Å². The van der Waals surface area contributed by atoms with E-state index in [-0.39, 0.29) is 23.2 Å². The molecular weight excluding hydrogens is 343 g/mol. The number of hydrogen-bond acceptors (Lipinski definition) is 3. The number of carbonyl (C=O) groups is 1. The first-order chi connectivity index (χ1) is 11.4. The van der Waals surface area contributed by atoms with Gasteiger partial charge in [-0.25, -0.2) is 4.98 Å². The molecular formula is C16H11ClF3N3O. The van der Waals surface area contributed by atoms with Crippen molar-refractivity contribution in [3.8, 4) is 0 Å². The maximum Gasteiger partial charge on any atom is 0.417 e. The fourth-order valence-corrected chi connectivity index (χ4v) is 2.54. The fraction of sp³-hybridized carbons (Fsp3) is 0.188. The summed E-state index contributed by atoms with van der Waals surface area (Å²) in [7, 11) is 0. The summed E-state index contributed by atoms with van der Waals surface area (Å²) in [6, 6.07) is 9.95. The Labute approximate surface area is 140 Å². The molecule has 0 N–H and O–H groups in total. The Hall–Kier alpha value is -2.41. The van der Waals surface area contributed by atoms with Crippen molar-refractivity contribution in [2.75, 3.05) is 5.01 Å². The van der Waals surface area contributed by atoms with Crippen molar-refractivity contribution in [2.24, 2.45) is 5.10 Å². The summed E-state index contributed by atoms with van der Waals surface area (Å²) in [6.07, 6.45) is -3.30. The molecule has 1 aliphatic heterocycles. The number of anilines is 1. The van der Waals surface area contributed by atoms with Crippen LogP contribution in [-0.4, -0.2) is 16.6 Å². The number of benzene rings is 1. The number of halogens is 4. The van der Waals surface area contributed by atoms with Crippen LogP contribution in [0.4, 0.5) is 19.0 Å². The molecule has 1 aliphatic rings. The van der Waals surface area contributed by atoms with Crippen LogP contribution in [0.15, 0.2) is 47.7 Å². The molecule has 0 fully saturated rings. The van der Waals surface area contributed by atoms with E-state index >= 15 is 0 Å². The molecule has 0 bridgehead atoms. The Kier molecular flexibility index (Phi) is 4.28. The van der Waals surface area contributed by atoms with E-state index in [2.05, 4.69) is 10.1 Å². The topological polar surface area (TPSA) is 45.6 Å². The molecule has 0 radical (unpaired) electrons. The van der Waals surface area contributed by atoms with Gasteiger partial charge in [-0.05, 0) is 11.6 Å². The number of pyridine rings is 1. The third kappa shape index (κ3) is 3.26. The fourth-order valence-electron chi connectivity index (χ4n) is 2.30. The number of nitrogens with zero attached hydrogens (tertiary/aromatic N) is 3. The average Bonchev–Trinajstić information content (AvgIpc) is 2.55. The van der Waals surface area contributed by atoms with Crippen LogP contribution in [-0.2, 0) is 11.0 Å². The minimum atomic E-state index is -4.56. The second-order valence-electron chi connectivity index (χ2n) is 5.15. The molecule has 3 rings (SSSR count). The van der Waals surface area contributed by atoms with E-state index in [0.717, 1.165) is 16.6 Å². The zero-order chi connectivity index (χ0) is 17.3. The third-order valence-corrected chi connectivity index (χ3v) is 3.77. The highest BCUT2D eigenvalue weighted by Gasteiger charge is 2.33. The molecule has 124 valence electrons. The number of amides is 1. The van der Waals surface area contributed by atoms with E-state index in [9.17, 15) is 18.0 Å². The zero-order valence-corrected chi connectivity index (χ0v) is 13.0. The van der Waals surface area contributed by atoms with E-state index < -0.39 is 11.7 Å². The monoisotopic (exact) mass is 353 g/mol. The molecule has 0 spiro atoms. The van der Waals surface area contributed by atoms with Gasteiger partial charge in [-0.2, -0.15) is 23.3 Å². The van der Waals surface area contributed by atoms with E-state index in [1.807, 2.05) is 30.3 Å². The predicted molar refractivity (Wildman–Crippen MR) is 83.9 cm³/mol. The quantitative estimate of drug-likeness (QED) is 0.808. The molecule has 8 heteroatoms. The Morgan fingerprint density at radius 2 is 1.83 bits per heavy atom. The van der Waals surface area contributed by atoms with Crippen LogP contribution in [0.25, 0.3) is 0 Å². The molecule has 1 amide bonds. The molecule has 2 heterocycles. The highest BCUT2D eigenvalue weighted by atomic mass is 35.5. The Morgan fingerprint density at radius 3 is 2.46 bits per heavy atom. The molecule has 24 heavy (non-hydrogen) atoms. The maximum atomic E-state index is 12.7. The minimum absolute atomic E-state index is 0.109. The van der Waals surface area contributed by atoms with Crippen molar-refractivity contribution >= 4 is 29.0 Å². The second-order valence-corrected chi connectivity index (χ2v) is 5.55. The lowest BCUT2D eigenvalue weighted by Gasteiger charge is -2.23. The largest absolute Gasteiger partial charge is 0.417 e. The molecule has 0 aliphatic carbocycles. The maximum absolute atomic E-state index is 12.7. The molecule has 0 saturated heterocycles. The van der Waals surface area contributed by atoms with Crippen molar-refractivity contribution in [1.82, 2.24) is 4.98 Å². The first-order valence-electron chi connectivity index (χ1n) is 7.05. The van der Waals surface area contributed by atoms with Gasteiger partial charge in [0.05, 0.1) is 16.3 Å². The SMILES string of the molecule is O=C1CCC(c2ccccc2)=NN1c1ncc(C(F)(F)F)cc1Cl. The van der Waals surface area contributed by atoms with Crippen molar-refractivity contribution in [1.29, 1.82) is 0 Å². The summed E-state index contributed by atoms with van der Waals surface area (Å²) >= 11 is 5.90. The van der Waals surface area contributed by atoms with Crippen LogP contribution in [0.1, 0.15) is 24.0 Å². The number of hydrogen-bond donors (Lipinski definition) is 0. The second kappa shape index (κ2) is 6.24. The lowest BCUT2D eigenvalue weighted by molar-refractivity contribution is -0.137. The number of hydrazone groups is 1. The summed E-state index contributed by atoms with van der Waals surface area (Å²) in [6.45, 7) is 0. The molecule has 0 saturated carbocycles. The highest BCUT2D eigenvalue weighted by molar-refractivity contribution is 6.33. The number of alkyl halides is 3. The molecule has 1 aromatic heterocycles. The average molecular weight is 354 g/mol. The standard InChI is InChI=1S/C16H11ClF3N3O/c17-12-8-11(16(18,19)20)9-21-15(12)23-14(24)7-6-13(22-23)10-4-2-1-3-5-10/h1-5,8-9H,6-7H2. The highest BCUT2D eigenvalue weighted by Crippen LogP contribution is 2.34. The van der Waals surface area contributed by atoms with E-state index in [1.165, 1.54) is 0 Å². The van der Waals surface area contributed by atoms with Gasteiger partial charge in [-0.3, -0.25) is 4.79 Å². The lowest BCUT2D eigenvalue weighted by atomic mass is 10.0. The molecule has 0 unspecified atom stereocenters. The van der Waals surface area contributed by atoms with Crippen molar-refractivity contribution in [3.05, 3.63) is 58.7 Å². The molecule has 4 nitrogen and oxygen atoms in total. The lowest BCUT2D eigenvalue weighted by Crippen LogP contribution is -2.32. The Balaban J connectivity index is 2.00. The van der Waals surface area contributed by atoms with Gasteiger partial charge in [0.2, 0.25) is 5.91 Å². The van der Waals surface area contributed by atoms with E-state index in [4.69, 9.17) is 11.6 Å². The number of rotatable bonds is 2. The summed E-state index contributed by atoms with van der Waals surface area (Å²) in [5.74, 6) is -0.480. The normalized spacial score (nSPS) is 15.4. The van der Waals surface area contributed by atoms with Crippen LogP contribution < -0.4 is 5.01 Å². The van der Waals surface area contributed by atoms with Crippen molar-refractivity contribution in [3.63, 3.8) is 0 Å². The van der Waals surface area contributed by atoms with Crippen molar-refractivity contribution in [2.45, 2.75) is 19.0 Å². The van der Waals surface area contributed by atoms with Gasteiger partial charge < -0.3 is 0 Å². The molecule has 1 aromatic carbocycles. The van der Waals surface area contributed by atoms with Gasteiger partial charge in [-0.1, -0.05) is 41.9 Å². The van der Waals surface area contributed by atoms with Crippen LogP contribution in [0, 0.1) is 0 Å². The third-order valence-electron chi connectivity index (χ3n) is 3.49.